The number of aromatic nitrogens is 3. The number of hydrogen-bond acceptors (Lipinski definition) is 6. The minimum atomic E-state index is 0.621. The summed E-state index contributed by atoms with van der Waals surface area (Å²) in [7, 11) is 0. The normalized spacial score (nSPS) is 14.8. The number of thiazole rings is 1. The van der Waals surface area contributed by atoms with Gasteiger partial charge in [-0.1, -0.05) is 23.2 Å². The van der Waals surface area contributed by atoms with Gasteiger partial charge in [-0.3, -0.25) is 0 Å². The van der Waals surface area contributed by atoms with Crippen LogP contribution < -0.4 is 9.80 Å². The lowest BCUT2D eigenvalue weighted by Gasteiger charge is -2.34. The molecule has 3 aromatic rings. The van der Waals surface area contributed by atoms with Gasteiger partial charge in [0.25, 0.3) is 0 Å². The topological polar surface area (TPSA) is 45.2 Å². The maximum Gasteiger partial charge on any atom is 0.225 e. The third-order valence-corrected chi connectivity index (χ3v) is 5.53. The summed E-state index contributed by atoms with van der Waals surface area (Å²) >= 11 is 13.9. The average Bonchev–Trinajstić information content (AvgIpc) is 3.12. The predicted octanol–water partition coefficient (Wildman–Crippen LogP) is 4.23. The molecular formula is C17H15Cl2N5S. The van der Waals surface area contributed by atoms with Crippen molar-refractivity contribution in [1.29, 1.82) is 0 Å². The van der Waals surface area contributed by atoms with Crippen molar-refractivity contribution >= 4 is 45.6 Å². The Balaban J connectivity index is 1.47. The number of anilines is 2. The lowest BCUT2D eigenvalue weighted by Crippen LogP contribution is -2.47. The van der Waals surface area contributed by atoms with Gasteiger partial charge in [-0.05, 0) is 24.3 Å². The molecule has 1 aromatic carbocycles. The van der Waals surface area contributed by atoms with Gasteiger partial charge in [0.05, 0.1) is 10.7 Å². The van der Waals surface area contributed by atoms with Crippen LogP contribution in [-0.4, -0.2) is 41.1 Å². The Bertz CT molecular complexity index is 862. The van der Waals surface area contributed by atoms with E-state index in [9.17, 15) is 0 Å². The molecular weight excluding hydrogens is 377 g/mol. The fourth-order valence-electron chi connectivity index (χ4n) is 2.78. The Hall–Kier alpha value is -1.89. The Labute approximate surface area is 159 Å². The van der Waals surface area contributed by atoms with Gasteiger partial charge in [-0.25, -0.2) is 15.0 Å². The van der Waals surface area contributed by atoms with Crippen LogP contribution in [0.4, 0.5) is 11.1 Å². The van der Waals surface area contributed by atoms with Crippen LogP contribution in [0.1, 0.15) is 0 Å². The highest BCUT2D eigenvalue weighted by Crippen LogP contribution is 2.33. The van der Waals surface area contributed by atoms with Crippen LogP contribution >= 0.6 is 34.5 Å². The highest BCUT2D eigenvalue weighted by Gasteiger charge is 2.21. The zero-order valence-electron chi connectivity index (χ0n) is 13.3. The Morgan fingerprint density at radius 2 is 1.68 bits per heavy atom. The van der Waals surface area contributed by atoms with E-state index in [0.29, 0.717) is 10.0 Å². The lowest BCUT2D eigenvalue weighted by molar-refractivity contribution is 0.639. The fraction of sp³-hybridized carbons (Fsp3) is 0.235. The van der Waals surface area contributed by atoms with Crippen LogP contribution in [0, 0.1) is 0 Å². The Kier molecular flexibility index (Phi) is 4.74. The number of hydrogen-bond donors (Lipinski definition) is 0. The van der Waals surface area contributed by atoms with Crippen LogP contribution in [0.3, 0.4) is 0 Å². The van der Waals surface area contributed by atoms with Crippen molar-refractivity contribution in [3.8, 4) is 11.3 Å². The van der Waals surface area contributed by atoms with E-state index in [2.05, 4.69) is 19.8 Å². The van der Waals surface area contributed by atoms with Gasteiger partial charge in [-0.15, -0.1) is 11.3 Å². The van der Waals surface area contributed by atoms with Crippen LogP contribution in [-0.2, 0) is 0 Å². The first-order valence-electron chi connectivity index (χ1n) is 7.88. The molecule has 0 amide bonds. The maximum absolute atomic E-state index is 6.29. The molecule has 0 aliphatic carbocycles. The first-order chi connectivity index (χ1) is 12.2. The molecule has 0 bridgehead atoms. The molecule has 0 radical (unpaired) electrons. The smallest absolute Gasteiger partial charge is 0.225 e. The van der Waals surface area contributed by atoms with Gasteiger partial charge >= 0.3 is 0 Å². The standard InChI is InChI=1S/C17H15Cl2N5S/c18-12-2-3-13(14(19)10-12)15-11-25-17(22-15)24-8-6-23(7-9-24)16-20-4-1-5-21-16/h1-5,10-11H,6-9H2. The molecule has 0 atom stereocenters. The number of nitrogens with zero attached hydrogens (tertiary/aromatic N) is 5. The summed E-state index contributed by atoms with van der Waals surface area (Å²) in [5, 5.41) is 4.30. The molecule has 0 unspecified atom stereocenters. The summed E-state index contributed by atoms with van der Waals surface area (Å²) in [6.45, 7) is 3.53. The molecule has 0 spiro atoms. The second kappa shape index (κ2) is 7.15. The van der Waals surface area contributed by atoms with E-state index in [1.165, 1.54) is 0 Å². The van der Waals surface area contributed by atoms with Crippen molar-refractivity contribution in [3.63, 3.8) is 0 Å². The van der Waals surface area contributed by atoms with Gasteiger partial charge in [-0.2, -0.15) is 0 Å². The first kappa shape index (κ1) is 16.6. The second-order valence-electron chi connectivity index (χ2n) is 5.66. The van der Waals surface area contributed by atoms with Crippen molar-refractivity contribution in [2.24, 2.45) is 0 Å². The summed E-state index contributed by atoms with van der Waals surface area (Å²) in [6, 6.07) is 7.32. The minimum Gasteiger partial charge on any atom is -0.345 e. The van der Waals surface area contributed by atoms with Crippen LogP contribution in [0.15, 0.2) is 42.0 Å². The first-order valence-corrected chi connectivity index (χ1v) is 9.52. The van der Waals surface area contributed by atoms with Crippen LogP contribution in [0.5, 0.6) is 0 Å². The molecule has 8 heteroatoms. The third-order valence-electron chi connectivity index (χ3n) is 4.08. The summed E-state index contributed by atoms with van der Waals surface area (Å²) < 4.78 is 0. The lowest BCUT2D eigenvalue weighted by atomic mass is 10.2. The van der Waals surface area contributed by atoms with Gasteiger partial charge in [0.15, 0.2) is 5.13 Å². The van der Waals surface area contributed by atoms with Crippen molar-refractivity contribution in [2.45, 2.75) is 0 Å². The summed E-state index contributed by atoms with van der Waals surface area (Å²) in [6.07, 6.45) is 3.55. The largest absolute Gasteiger partial charge is 0.345 e. The third kappa shape index (κ3) is 3.56. The van der Waals surface area contributed by atoms with Crippen LogP contribution in [0.2, 0.25) is 10.0 Å². The molecule has 25 heavy (non-hydrogen) atoms. The van der Waals surface area contributed by atoms with Crippen molar-refractivity contribution in [1.82, 2.24) is 15.0 Å². The van der Waals surface area contributed by atoms with E-state index in [0.717, 1.165) is 48.5 Å². The van der Waals surface area contributed by atoms with Crippen molar-refractivity contribution in [2.75, 3.05) is 36.0 Å². The SMILES string of the molecule is Clc1ccc(-c2csc(N3CCN(c4ncccn4)CC3)n2)c(Cl)c1. The maximum atomic E-state index is 6.29. The zero-order valence-corrected chi connectivity index (χ0v) is 15.6. The van der Waals surface area contributed by atoms with Gasteiger partial charge < -0.3 is 9.80 Å². The monoisotopic (exact) mass is 391 g/mol. The summed E-state index contributed by atoms with van der Waals surface area (Å²) in [5.41, 5.74) is 1.79. The number of piperazine rings is 1. The molecule has 1 fully saturated rings. The molecule has 2 aromatic heterocycles. The molecule has 1 aliphatic rings. The number of rotatable bonds is 3. The average molecular weight is 392 g/mol. The van der Waals surface area contributed by atoms with E-state index < -0.39 is 0 Å². The summed E-state index contributed by atoms with van der Waals surface area (Å²) in [4.78, 5) is 17.9. The summed E-state index contributed by atoms with van der Waals surface area (Å²) in [5.74, 6) is 0.787. The Morgan fingerprint density at radius 3 is 2.40 bits per heavy atom. The molecule has 4 rings (SSSR count). The Morgan fingerprint density at radius 1 is 0.960 bits per heavy atom. The fourth-order valence-corrected chi connectivity index (χ4v) is 4.17. The minimum absolute atomic E-state index is 0.621. The van der Waals surface area contributed by atoms with Crippen molar-refractivity contribution in [3.05, 3.63) is 52.1 Å². The molecule has 5 nitrogen and oxygen atoms in total. The van der Waals surface area contributed by atoms with E-state index in [1.54, 1.807) is 29.8 Å². The predicted molar refractivity (Wildman–Crippen MR) is 104 cm³/mol. The highest BCUT2D eigenvalue weighted by molar-refractivity contribution is 7.14. The van der Waals surface area contributed by atoms with E-state index in [4.69, 9.17) is 28.2 Å². The molecule has 0 saturated carbocycles. The second-order valence-corrected chi connectivity index (χ2v) is 7.34. The number of benzene rings is 1. The molecule has 128 valence electrons. The van der Waals surface area contributed by atoms with Gasteiger partial charge in [0.2, 0.25) is 5.95 Å². The van der Waals surface area contributed by atoms with E-state index in [-0.39, 0.29) is 0 Å². The van der Waals surface area contributed by atoms with Crippen molar-refractivity contribution < 1.29 is 0 Å². The quantitative estimate of drug-likeness (QED) is 0.668. The zero-order chi connectivity index (χ0) is 17.2. The molecule has 3 heterocycles. The van der Waals surface area contributed by atoms with Gasteiger partial charge in [0, 0.05) is 54.5 Å². The molecule has 1 aliphatic heterocycles. The molecule has 1 saturated heterocycles. The van der Waals surface area contributed by atoms with Crippen LogP contribution in [0.25, 0.3) is 11.3 Å². The van der Waals surface area contributed by atoms with E-state index >= 15 is 0 Å². The number of halogens is 2. The van der Waals surface area contributed by atoms with Gasteiger partial charge in [0.1, 0.15) is 0 Å². The highest BCUT2D eigenvalue weighted by atomic mass is 35.5. The molecule has 0 N–H and O–H groups in total. The van der Waals surface area contributed by atoms with E-state index in [1.807, 2.05) is 23.6 Å².